The van der Waals surface area contributed by atoms with Gasteiger partial charge in [-0.3, -0.25) is 9.59 Å². The van der Waals surface area contributed by atoms with Gasteiger partial charge in [-0.2, -0.15) is 4.31 Å². The minimum absolute atomic E-state index is 0.0300. The minimum atomic E-state index is -3.70. The molecule has 1 N–H and O–H groups in total. The van der Waals surface area contributed by atoms with E-state index in [-0.39, 0.29) is 28.9 Å². The maximum atomic E-state index is 12.7. The maximum Gasteiger partial charge on any atom is 0.323 e. The Hall–Kier alpha value is -1.87. The Morgan fingerprint density at radius 1 is 1.32 bits per heavy atom. The molecular weight excluding hydrogens is 348 g/mol. The van der Waals surface area contributed by atoms with Crippen LogP contribution in [0.15, 0.2) is 15.4 Å². The van der Waals surface area contributed by atoms with Gasteiger partial charge in [0.05, 0.1) is 0 Å². The summed E-state index contributed by atoms with van der Waals surface area (Å²) in [6.07, 6.45) is 1.62. The first-order valence-electron chi connectivity index (χ1n) is 8.24. The molecule has 1 aromatic rings. The predicted molar refractivity (Wildman–Crippen MR) is 89.8 cm³/mol. The summed E-state index contributed by atoms with van der Waals surface area (Å²) >= 11 is 0. The summed E-state index contributed by atoms with van der Waals surface area (Å²) in [7, 11) is -3.70. The number of aryl methyl sites for hydroxylation is 1. The summed E-state index contributed by atoms with van der Waals surface area (Å²) in [4.78, 5) is 24.7. The zero-order valence-corrected chi connectivity index (χ0v) is 15.5. The van der Waals surface area contributed by atoms with E-state index in [0.717, 1.165) is 17.7 Å². The standard InChI is InChI=1S/C16H24N2O6S/c1-11(2)9-17(10-15(19)20)16(21)13-8-14(12(3)24-13)25(22,23)18-6-4-5-7-18/h8,11H,4-7,9-10H2,1-3H3,(H,19,20). The lowest BCUT2D eigenvalue weighted by molar-refractivity contribution is -0.137. The molecule has 2 heterocycles. The lowest BCUT2D eigenvalue weighted by Gasteiger charge is -2.21. The summed E-state index contributed by atoms with van der Waals surface area (Å²) in [5, 5.41) is 9.00. The second-order valence-electron chi connectivity index (χ2n) is 6.62. The second kappa shape index (κ2) is 7.57. The topological polar surface area (TPSA) is 108 Å². The molecule has 25 heavy (non-hydrogen) atoms. The molecule has 1 amide bonds. The molecule has 0 atom stereocenters. The first-order chi connectivity index (χ1) is 11.6. The quantitative estimate of drug-likeness (QED) is 0.778. The number of hydrogen-bond donors (Lipinski definition) is 1. The van der Waals surface area contributed by atoms with Crippen LogP contribution < -0.4 is 0 Å². The molecule has 8 nitrogen and oxygen atoms in total. The number of carbonyl (C=O) groups is 2. The molecule has 1 fully saturated rings. The Labute approximate surface area is 147 Å². The number of aliphatic carboxylic acids is 1. The van der Waals surface area contributed by atoms with Gasteiger partial charge in [0.25, 0.3) is 5.91 Å². The van der Waals surface area contributed by atoms with Gasteiger partial charge in [0.2, 0.25) is 10.0 Å². The Balaban J connectivity index is 2.30. The van der Waals surface area contributed by atoms with Crippen molar-refractivity contribution in [3.8, 4) is 0 Å². The van der Waals surface area contributed by atoms with Crippen molar-refractivity contribution in [2.24, 2.45) is 5.92 Å². The molecule has 1 aliphatic heterocycles. The van der Waals surface area contributed by atoms with Gasteiger partial charge < -0.3 is 14.4 Å². The average molecular weight is 372 g/mol. The maximum absolute atomic E-state index is 12.7. The fourth-order valence-electron chi connectivity index (χ4n) is 2.87. The van der Waals surface area contributed by atoms with E-state index in [4.69, 9.17) is 9.52 Å². The highest BCUT2D eigenvalue weighted by Crippen LogP contribution is 2.27. The number of amides is 1. The van der Waals surface area contributed by atoms with Crippen LogP contribution >= 0.6 is 0 Å². The molecular formula is C16H24N2O6S. The summed E-state index contributed by atoms with van der Waals surface area (Å²) in [6, 6.07) is 1.21. The molecule has 0 bridgehead atoms. The number of nitrogens with zero attached hydrogens (tertiary/aromatic N) is 2. The lowest BCUT2D eigenvalue weighted by Crippen LogP contribution is -2.38. The van der Waals surface area contributed by atoms with Crippen molar-refractivity contribution in [1.82, 2.24) is 9.21 Å². The fraction of sp³-hybridized carbons (Fsp3) is 0.625. The predicted octanol–water partition coefficient (Wildman–Crippen LogP) is 1.56. The van der Waals surface area contributed by atoms with Gasteiger partial charge in [-0.1, -0.05) is 13.8 Å². The van der Waals surface area contributed by atoms with E-state index in [9.17, 15) is 18.0 Å². The summed E-state index contributed by atoms with van der Waals surface area (Å²) in [5.41, 5.74) is 0. The smallest absolute Gasteiger partial charge is 0.323 e. The van der Waals surface area contributed by atoms with E-state index in [1.54, 1.807) is 0 Å². The van der Waals surface area contributed by atoms with Crippen LogP contribution in [0.4, 0.5) is 0 Å². The van der Waals surface area contributed by atoms with E-state index < -0.39 is 28.4 Å². The minimum Gasteiger partial charge on any atom is -0.480 e. The average Bonchev–Trinajstić information content (AvgIpc) is 3.14. The van der Waals surface area contributed by atoms with Crippen LogP contribution in [0.2, 0.25) is 0 Å². The molecule has 1 saturated heterocycles. The molecule has 0 aliphatic carbocycles. The third-order valence-corrected chi connectivity index (χ3v) is 5.97. The van der Waals surface area contributed by atoms with Crippen LogP contribution in [-0.4, -0.2) is 60.8 Å². The number of carboxylic acid groups (broad SMARTS) is 1. The van der Waals surface area contributed by atoms with E-state index >= 15 is 0 Å². The Morgan fingerprint density at radius 3 is 2.44 bits per heavy atom. The van der Waals surface area contributed by atoms with Gasteiger partial charge in [0, 0.05) is 25.7 Å². The molecule has 0 aromatic carbocycles. The van der Waals surface area contributed by atoms with E-state index in [2.05, 4.69) is 0 Å². The number of sulfonamides is 1. The Morgan fingerprint density at radius 2 is 1.92 bits per heavy atom. The summed E-state index contributed by atoms with van der Waals surface area (Å²) in [6.45, 7) is 5.88. The van der Waals surface area contributed by atoms with Crippen molar-refractivity contribution in [3.05, 3.63) is 17.6 Å². The normalized spacial score (nSPS) is 15.7. The first-order valence-corrected chi connectivity index (χ1v) is 9.68. The summed E-state index contributed by atoms with van der Waals surface area (Å²) in [5.74, 6) is -1.72. The Kier molecular flexibility index (Phi) is 5.89. The monoisotopic (exact) mass is 372 g/mol. The number of carbonyl (C=O) groups excluding carboxylic acids is 1. The van der Waals surface area contributed by atoms with Crippen molar-refractivity contribution >= 4 is 21.9 Å². The number of furan rings is 1. The van der Waals surface area contributed by atoms with Crippen molar-refractivity contribution in [3.63, 3.8) is 0 Å². The van der Waals surface area contributed by atoms with Crippen LogP contribution in [0.25, 0.3) is 0 Å². The zero-order valence-electron chi connectivity index (χ0n) is 14.7. The van der Waals surface area contributed by atoms with E-state index in [0.29, 0.717) is 13.1 Å². The fourth-order valence-corrected chi connectivity index (χ4v) is 4.55. The SMILES string of the molecule is Cc1oc(C(=O)N(CC(=O)O)CC(C)C)cc1S(=O)(=O)N1CCCC1. The van der Waals surface area contributed by atoms with Crippen LogP contribution in [0.3, 0.4) is 0 Å². The van der Waals surface area contributed by atoms with Crippen LogP contribution in [0.1, 0.15) is 43.0 Å². The third-order valence-electron chi connectivity index (χ3n) is 3.96. The van der Waals surface area contributed by atoms with Gasteiger partial charge in [0.15, 0.2) is 5.76 Å². The Bertz CT molecular complexity index is 747. The van der Waals surface area contributed by atoms with Gasteiger partial charge in [0.1, 0.15) is 17.2 Å². The molecule has 0 radical (unpaired) electrons. The highest BCUT2D eigenvalue weighted by Gasteiger charge is 2.32. The van der Waals surface area contributed by atoms with Gasteiger partial charge >= 0.3 is 5.97 Å². The second-order valence-corrected chi connectivity index (χ2v) is 8.52. The van der Waals surface area contributed by atoms with E-state index in [1.807, 2.05) is 13.8 Å². The zero-order chi connectivity index (χ0) is 18.8. The lowest BCUT2D eigenvalue weighted by atomic mass is 10.2. The van der Waals surface area contributed by atoms with Crippen molar-refractivity contribution in [1.29, 1.82) is 0 Å². The third kappa shape index (κ3) is 4.40. The largest absolute Gasteiger partial charge is 0.480 e. The van der Waals surface area contributed by atoms with Gasteiger partial charge in [-0.25, -0.2) is 8.42 Å². The van der Waals surface area contributed by atoms with E-state index in [1.165, 1.54) is 17.3 Å². The molecule has 0 spiro atoms. The van der Waals surface area contributed by atoms with Crippen molar-refractivity contribution in [2.45, 2.75) is 38.5 Å². The molecule has 140 valence electrons. The molecule has 0 saturated carbocycles. The highest BCUT2D eigenvalue weighted by molar-refractivity contribution is 7.89. The molecule has 9 heteroatoms. The van der Waals surface area contributed by atoms with Crippen molar-refractivity contribution in [2.75, 3.05) is 26.2 Å². The molecule has 0 unspecified atom stereocenters. The highest BCUT2D eigenvalue weighted by atomic mass is 32.2. The first kappa shape index (κ1) is 19.5. The van der Waals surface area contributed by atoms with Gasteiger partial charge in [-0.05, 0) is 25.7 Å². The van der Waals surface area contributed by atoms with Crippen LogP contribution in [0, 0.1) is 12.8 Å². The van der Waals surface area contributed by atoms with Crippen molar-refractivity contribution < 1.29 is 27.5 Å². The van der Waals surface area contributed by atoms with Gasteiger partial charge in [-0.15, -0.1) is 0 Å². The van der Waals surface area contributed by atoms with Crippen LogP contribution in [0.5, 0.6) is 0 Å². The molecule has 1 aliphatic rings. The number of rotatable bonds is 7. The summed E-state index contributed by atoms with van der Waals surface area (Å²) < 4.78 is 32.1. The molecule has 2 rings (SSSR count). The number of hydrogen-bond acceptors (Lipinski definition) is 5. The molecule has 1 aromatic heterocycles. The van der Waals surface area contributed by atoms with Crippen LogP contribution in [-0.2, 0) is 14.8 Å². The number of carboxylic acids is 1.